The number of hydrogen-bond donors (Lipinski definition) is 1. The number of benzene rings is 1. The number of methoxy groups -OCH3 is 1. The summed E-state index contributed by atoms with van der Waals surface area (Å²) in [7, 11) is 1.26. The Morgan fingerprint density at radius 1 is 1.53 bits per heavy atom. The highest BCUT2D eigenvalue weighted by molar-refractivity contribution is 5.91. The summed E-state index contributed by atoms with van der Waals surface area (Å²) in [5, 5.41) is 19.0. The Hall–Kier alpha value is -1.82. The van der Waals surface area contributed by atoms with Gasteiger partial charge in [0.25, 0.3) is 5.69 Å². The second-order valence-corrected chi connectivity index (χ2v) is 2.45. The molecule has 0 aliphatic rings. The molecule has 6 nitrogen and oxygen atoms in total. The predicted molar refractivity (Wildman–Crippen MR) is 53.9 cm³/mol. The molecular formula is C8H8ClNO5. The van der Waals surface area contributed by atoms with Crippen LogP contribution in [0.5, 0.6) is 5.75 Å². The van der Waals surface area contributed by atoms with E-state index in [9.17, 15) is 14.9 Å². The zero-order valence-electron chi connectivity index (χ0n) is 7.67. The van der Waals surface area contributed by atoms with Gasteiger partial charge in [0.05, 0.1) is 18.1 Å². The molecule has 1 aromatic carbocycles. The fraction of sp³-hybridized carbons (Fsp3) is 0.125. The van der Waals surface area contributed by atoms with Crippen LogP contribution in [0.4, 0.5) is 5.69 Å². The number of nitro groups is 1. The summed E-state index contributed by atoms with van der Waals surface area (Å²) in [6.07, 6.45) is 0. The second-order valence-electron chi connectivity index (χ2n) is 2.45. The van der Waals surface area contributed by atoms with Crippen LogP contribution in [0.15, 0.2) is 18.2 Å². The summed E-state index contributed by atoms with van der Waals surface area (Å²) in [4.78, 5) is 20.3. The third kappa shape index (κ3) is 2.81. The molecule has 0 radical (unpaired) electrons. The third-order valence-electron chi connectivity index (χ3n) is 1.63. The number of halogens is 1. The predicted octanol–water partition coefficient (Wildman–Crippen LogP) is 1.72. The molecule has 0 spiro atoms. The van der Waals surface area contributed by atoms with Crippen molar-refractivity contribution in [2.24, 2.45) is 0 Å². The molecule has 1 N–H and O–H groups in total. The van der Waals surface area contributed by atoms with Crippen molar-refractivity contribution >= 4 is 24.1 Å². The summed E-state index contributed by atoms with van der Waals surface area (Å²) in [6.45, 7) is 0. The minimum atomic E-state index is -1.18. The molecule has 0 atom stereocenters. The first-order chi connectivity index (χ1) is 6.56. The van der Waals surface area contributed by atoms with E-state index in [1.807, 2.05) is 0 Å². The first kappa shape index (κ1) is 13.2. The van der Waals surface area contributed by atoms with Crippen LogP contribution in [-0.4, -0.2) is 23.1 Å². The molecule has 0 amide bonds. The van der Waals surface area contributed by atoms with E-state index in [0.29, 0.717) is 0 Å². The standard InChI is InChI=1S/C8H7NO5.ClH/c1-14-7-4-5(9(12)13)2-3-6(7)8(10)11;/h2-4H,1H3,(H,10,11);1H. The average molecular weight is 234 g/mol. The van der Waals surface area contributed by atoms with Crippen molar-refractivity contribution in [3.05, 3.63) is 33.9 Å². The highest BCUT2D eigenvalue weighted by Crippen LogP contribution is 2.24. The van der Waals surface area contributed by atoms with Gasteiger partial charge in [-0.1, -0.05) is 0 Å². The largest absolute Gasteiger partial charge is 0.496 e. The van der Waals surface area contributed by atoms with Crippen LogP contribution >= 0.6 is 12.4 Å². The number of hydrogen-bond acceptors (Lipinski definition) is 4. The number of carbonyl (C=O) groups is 1. The van der Waals surface area contributed by atoms with Gasteiger partial charge in [-0.15, -0.1) is 12.4 Å². The summed E-state index contributed by atoms with van der Waals surface area (Å²) in [5.41, 5.74) is -0.301. The molecule has 82 valence electrons. The lowest BCUT2D eigenvalue weighted by Gasteiger charge is -2.03. The van der Waals surface area contributed by atoms with Crippen molar-refractivity contribution in [3.63, 3.8) is 0 Å². The van der Waals surface area contributed by atoms with E-state index >= 15 is 0 Å². The SMILES string of the molecule is COc1cc([N+](=O)[O-])ccc1C(=O)O.Cl. The number of nitrogens with zero attached hydrogens (tertiary/aromatic N) is 1. The van der Waals surface area contributed by atoms with E-state index in [4.69, 9.17) is 9.84 Å². The maximum atomic E-state index is 10.6. The fourth-order valence-corrected chi connectivity index (χ4v) is 0.970. The van der Waals surface area contributed by atoms with Crippen LogP contribution in [0.1, 0.15) is 10.4 Å². The smallest absolute Gasteiger partial charge is 0.339 e. The number of carboxylic acid groups (broad SMARTS) is 1. The monoisotopic (exact) mass is 233 g/mol. The van der Waals surface area contributed by atoms with E-state index in [-0.39, 0.29) is 29.4 Å². The van der Waals surface area contributed by atoms with Crippen molar-refractivity contribution < 1.29 is 19.6 Å². The first-order valence-corrected chi connectivity index (χ1v) is 3.62. The van der Waals surface area contributed by atoms with Crippen LogP contribution in [0, 0.1) is 10.1 Å². The summed E-state index contributed by atoms with van der Waals surface area (Å²) in [6, 6.07) is 3.33. The number of carboxylic acids is 1. The molecule has 0 aliphatic carbocycles. The highest BCUT2D eigenvalue weighted by Gasteiger charge is 2.15. The molecule has 1 rings (SSSR count). The molecule has 0 saturated heterocycles. The maximum Gasteiger partial charge on any atom is 0.339 e. The average Bonchev–Trinajstić information content (AvgIpc) is 2.16. The lowest BCUT2D eigenvalue weighted by Crippen LogP contribution is -2.01. The summed E-state index contributed by atoms with van der Waals surface area (Å²) >= 11 is 0. The molecule has 1 aromatic rings. The zero-order chi connectivity index (χ0) is 10.7. The van der Waals surface area contributed by atoms with Gasteiger partial charge in [-0.05, 0) is 6.07 Å². The molecule has 0 heterocycles. The van der Waals surface area contributed by atoms with Gasteiger partial charge in [0.15, 0.2) is 0 Å². The molecule has 7 heteroatoms. The van der Waals surface area contributed by atoms with E-state index in [1.54, 1.807) is 0 Å². The Labute approximate surface area is 91.0 Å². The Morgan fingerprint density at radius 3 is 2.53 bits per heavy atom. The second kappa shape index (κ2) is 5.16. The lowest BCUT2D eigenvalue weighted by molar-refractivity contribution is -0.384. The van der Waals surface area contributed by atoms with Gasteiger partial charge in [-0.2, -0.15) is 0 Å². The minimum absolute atomic E-state index is 0. The van der Waals surface area contributed by atoms with Crippen LogP contribution in [0.25, 0.3) is 0 Å². The van der Waals surface area contributed by atoms with Crippen molar-refractivity contribution in [2.45, 2.75) is 0 Å². The fourth-order valence-electron chi connectivity index (χ4n) is 0.970. The Balaban J connectivity index is 0.00000196. The quantitative estimate of drug-likeness (QED) is 0.634. The highest BCUT2D eigenvalue weighted by atomic mass is 35.5. The number of non-ortho nitro benzene ring substituents is 1. The molecule has 0 aliphatic heterocycles. The molecular weight excluding hydrogens is 226 g/mol. The van der Waals surface area contributed by atoms with E-state index < -0.39 is 10.9 Å². The normalized spacial score (nSPS) is 8.87. The van der Waals surface area contributed by atoms with Gasteiger partial charge < -0.3 is 9.84 Å². The van der Waals surface area contributed by atoms with Gasteiger partial charge in [0.2, 0.25) is 0 Å². The number of aromatic carboxylic acids is 1. The van der Waals surface area contributed by atoms with E-state index in [0.717, 1.165) is 18.2 Å². The number of nitro benzene ring substituents is 1. The lowest BCUT2D eigenvalue weighted by atomic mass is 10.2. The molecule has 0 aromatic heterocycles. The van der Waals surface area contributed by atoms with E-state index in [2.05, 4.69) is 0 Å². The van der Waals surface area contributed by atoms with E-state index in [1.165, 1.54) is 7.11 Å². The van der Waals surface area contributed by atoms with Gasteiger partial charge >= 0.3 is 5.97 Å². The number of rotatable bonds is 3. The Bertz CT molecular complexity index is 393. The zero-order valence-corrected chi connectivity index (χ0v) is 8.48. The van der Waals surface area contributed by atoms with Crippen molar-refractivity contribution in [2.75, 3.05) is 7.11 Å². The minimum Gasteiger partial charge on any atom is -0.496 e. The Morgan fingerprint density at radius 2 is 2.13 bits per heavy atom. The van der Waals surface area contributed by atoms with Crippen molar-refractivity contribution in [3.8, 4) is 5.75 Å². The van der Waals surface area contributed by atoms with Crippen molar-refractivity contribution in [1.29, 1.82) is 0 Å². The van der Waals surface area contributed by atoms with Gasteiger partial charge in [0, 0.05) is 6.07 Å². The third-order valence-corrected chi connectivity index (χ3v) is 1.63. The van der Waals surface area contributed by atoms with Crippen LogP contribution in [-0.2, 0) is 0 Å². The molecule has 15 heavy (non-hydrogen) atoms. The van der Waals surface area contributed by atoms with Crippen LogP contribution in [0.3, 0.4) is 0 Å². The van der Waals surface area contributed by atoms with Gasteiger partial charge in [-0.25, -0.2) is 4.79 Å². The summed E-state index contributed by atoms with van der Waals surface area (Å²) < 4.78 is 4.71. The first-order valence-electron chi connectivity index (χ1n) is 3.62. The molecule has 0 bridgehead atoms. The van der Waals surface area contributed by atoms with Gasteiger partial charge in [-0.3, -0.25) is 10.1 Å². The molecule has 0 unspecified atom stereocenters. The maximum absolute atomic E-state index is 10.6. The molecule has 0 fully saturated rings. The molecule has 0 saturated carbocycles. The van der Waals surface area contributed by atoms with Crippen LogP contribution < -0.4 is 4.74 Å². The summed E-state index contributed by atoms with van der Waals surface area (Å²) in [5.74, 6) is -1.21. The van der Waals surface area contributed by atoms with Crippen LogP contribution in [0.2, 0.25) is 0 Å². The topological polar surface area (TPSA) is 89.7 Å². The Kier molecular flexibility index (Phi) is 4.53. The van der Waals surface area contributed by atoms with Gasteiger partial charge in [0.1, 0.15) is 11.3 Å². The van der Waals surface area contributed by atoms with Crippen molar-refractivity contribution in [1.82, 2.24) is 0 Å². The number of ether oxygens (including phenoxy) is 1.